The molecular weight excluding hydrogens is 204 g/mol. The summed E-state index contributed by atoms with van der Waals surface area (Å²) in [6, 6.07) is 0.296. The fourth-order valence-corrected chi connectivity index (χ4v) is 1.98. The molecule has 0 aromatic heterocycles. The molecule has 0 aromatic carbocycles. The molecular formula is C12H22N2O2. The van der Waals surface area contributed by atoms with Crippen molar-refractivity contribution in [2.45, 2.75) is 38.1 Å². The molecule has 92 valence electrons. The first-order valence-corrected chi connectivity index (χ1v) is 6.00. The average molecular weight is 226 g/mol. The standard InChI is InChI=1S/C12H22N2O2/c1-2-16-9-3-8-14-12(15)10-4-6-11(13)7-5-10/h2,10-11H,1,3-9,13H2,(H,14,15). The number of carbonyl (C=O) groups is 1. The summed E-state index contributed by atoms with van der Waals surface area (Å²) in [6.45, 7) is 4.74. The van der Waals surface area contributed by atoms with E-state index in [-0.39, 0.29) is 11.8 Å². The second kappa shape index (κ2) is 7.28. The first-order valence-electron chi connectivity index (χ1n) is 6.00. The van der Waals surface area contributed by atoms with Gasteiger partial charge in [-0.05, 0) is 32.1 Å². The lowest BCUT2D eigenvalue weighted by atomic mass is 9.86. The molecule has 3 N–H and O–H groups in total. The lowest BCUT2D eigenvalue weighted by Crippen LogP contribution is -2.36. The number of carbonyl (C=O) groups excluding carboxylic acids is 1. The van der Waals surface area contributed by atoms with Gasteiger partial charge in [-0.1, -0.05) is 6.58 Å². The maximum absolute atomic E-state index is 11.7. The Morgan fingerprint density at radius 3 is 2.75 bits per heavy atom. The summed E-state index contributed by atoms with van der Waals surface area (Å²) in [7, 11) is 0. The molecule has 16 heavy (non-hydrogen) atoms. The van der Waals surface area contributed by atoms with E-state index in [4.69, 9.17) is 10.5 Å². The Labute approximate surface area is 97.2 Å². The topological polar surface area (TPSA) is 64.3 Å². The van der Waals surface area contributed by atoms with Gasteiger partial charge in [0.25, 0.3) is 0 Å². The molecule has 0 radical (unpaired) electrons. The number of ether oxygens (including phenoxy) is 1. The molecule has 1 fully saturated rings. The summed E-state index contributed by atoms with van der Waals surface area (Å²) in [5.41, 5.74) is 5.79. The zero-order valence-electron chi connectivity index (χ0n) is 9.78. The first-order chi connectivity index (χ1) is 7.74. The highest BCUT2D eigenvalue weighted by Crippen LogP contribution is 2.22. The SMILES string of the molecule is C=COCCCNC(=O)C1CCC(N)CC1. The third kappa shape index (κ3) is 4.66. The Morgan fingerprint density at radius 1 is 1.44 bits per heavy atom. The summed E-state index contributed by atoms with van der Waals surface area (Å²) in [4.78, 5) is 11.7. The molecule has 0 bridgehead atoms. The van der Waals surface area contributed by atoms with Crippen LogP contribution in [0, 0.1) is 5.92 Å². The number of amides is 1. The fraction of sp³-hybridized carbons (Fsp3) is 0.750. The highest BCUT2D eigenvalue weighted by Gasteiger charge is 2.23. The third-order valence-electron chi connectivity index (χ3n) is 3.00. The second-order valence-electron chi connectivity index (χ2n) is 4.29. The minimum Gasteiger partial charge on any atom is -0.502 e. The van der Waals surface area contributed by atoms with Crippen molar-refractivity contribution in [2.75, 3.05) is 13.2 Å². The molecule has 1 aliphatic carbocycles. The maximum Gasteiger partial charge on any atom is 0.223 e. The zero-order chi connectivity index (χ0) is 11.8. The number of hydrogen-bond donors (Lipinski definition) is 2. The van der Waals surface area contributed by atoms with Gasteiger partial charge in [-0.25, -0.2) is 0 Å². The van der Waals surface area contributed by atoms with Crippen molar-refractivity contribution in [3.8, 4) is 0 Å². The number of nitrogens with one attached hydrogen (secondary N) is 1. The van der Waals surface area contributed by atoms with Gasteiger partial charge < -0.3 is 15.8 Å². The Kier molecular flexibility index (Phi) is 5.93. The van der Waals surface area contributed by atoms with Crippen molar-refractivity contribution in [1.82, 2.24) is 5.32 Å². The number of hydrogen-bond acceptors (Lipinski definition) is 3. The van der Waals surface area contributed by atoms with Crippen LogP contribution in [0.25, 0.3) is 0 Å². The van der Waals surface area contributed by atoms with Gasteiger partial charge in [0, 0.05) is 18.5 Å². The summed E-state index contributed by atoms with van der Waals surface area (Å²) in [5.74, 6) is 0.339. The predicted molar refractivity (Wildman–Crippen MR) is 63.7 cm³/mol. The zero-order valence-corrected chi connectivity index (χ0v) is 9.78. The monoisotopic (exact) mass is 226 g/mol. The van der Waals surface area contributed by atoms with Crippen LogP contribution < -0.4 is 11.1 Å². The minimum atomic E-state index is 0.167. The molecule has 0 saturated heterocycles. The van der Waals surface area contributed by atoms with E-state index in [0.29, 0.717) is 19.2 Å². The van der Waals surface area contributed by atoms with Crippen LogP contribution in [0.4, 0.5) is 0 Å². The van der Waals surface area contributed by atoms with Gasteiger partial charge >= 0.3 is 0 Å². The van der Waals surface area contributed by atoms with Gasteiger partial charge in [0.15, 0.2) is 0 Å². The van der Waals surface area contributed by atoms with E-state index in [9.17, 15) is 4.79 Å². The van der Waals surface area contributed by atoms with Crippen LogP contribution in [0.2, 0.25) is 0 Å². The fourth-order valence-electron chi connectivity index (χ4n) is 1.98. The van der Waals surface area contributed by atoms with Crippen molar-refractivity contribution in [3.63, 3.8) is 0 Å². The molecule has 0 atom stereocenters. The Morgan fingerprint density at radius 2 is 2.12 bits per heavy atom. The van der Waals surface area contributed by atoms with Crippen molar-refractivity contribution in [1.29, 1.82) is 0 Å². The van der Waals surface area contributed by atoms with Gasteiger partial charge in [-0.15, -0.1) is 0 Å². The van der Waals surface area contributed by atoms with Crippen LogP contribution in [-0.4, -0.2) is 25.1 Å². The molecule has 4 heteroatoms. The van der Waals surface area contributed by atoms with Crippen molar-refractivity contribution >= 4 is 5.91 Å². The normalized spacial score (nSPS) is 24.8. The van der Waals surface area contributed by atoms with Crippen molar-refractivity contribution < 1.29 is 9.53 Å². The van der Waals surface area contributed by atoms with Gasteiger partial charge in [0.1, 0.15) is 0 Å². The lowest BCUT2D eigenvalue weighted by Gasteiger charge is -2.25. The van der Waals surface area contributed by atoms with Gasteiger partial charge in [0.2, 0.25) is 5.91 Å². The van der Waals surface area contributed by atoms with E-state index in [1.807, 2.05) is 0 Å². The van der Waals surface area contributed by atoms with E-state index >= 15 is 0 Å². The molecule has 0 unspecified atom stereocenters. The van der Waals surface area contributed by atoms with Crippen LogP contribution in [0.1, 0.15) is 32.1 Å². The predicted octanol–water partition coefficient (Wildman–Crippen LogP) is 1.17. The van der Waals surface area contributed by atoms with E-state index < -0.39 is 0 Å². The van der Waals surface area contributed by atoms with Crippen LogP contribution in [0.5, 0.6) is 0 Å². The molecule has 1 saturated carbocycles. The van der Waals surface area contributed by atoms with Gasteiger partial charge in [0.05, 0.1) is 12.9 Å². The van der Waals surface area contributed by atoms with Crippen molar-refractivity contribution in [3.05, 3.63) is 12.8 Å². The highest BCUT2D eigenvalue weighted by atomic mass is 16.5. The van der Waals surface area contributed by atoms with Crippen LogP contribution >= 0.6 is 0 Å². The maximum atomic E-state index is 11.7. The van der Waals surface area contributed by atoms with Crippen LogP contribution in [0.15, 0.2) is 12.8 Å². The van der Waals surface area contributed by atoms with E-state index in [1.165, 1.54) is 6.26 Å². The summed E-state index contributed by atoms with van der Waals surface area (Å²) in [6.07, 6.45) is 6.04. The molecule has 0 aromatic rings. The lowest BCUT2D eigenvalue weighted by molar-refractivity contribution is -0.126. The Bertz CT molecular complexity index is 223. The summed E-state index contributed by atoms with van der Waals surface area (Å²) < 4.78 is 4.97. The second-order valence-corrected chi connectivity index (χ2v) is 4.29. The molecule has 4 nitrogen and oxygen atoms in total. The third-order valence-corrected chi connectivity index (χ3v) is 3.00. The first kappa shape index (κ1) is 13.0. The average Bonchev–Trinajstić information content (AvgIpc) is 2.29. The highest BCUT2D eigenvalue weighted by molar-refractivity contribution is 5.78. The smallest absolute Gasteiger partial charge is 0.223 e. The Balaban J connectivity index is 2.08. The molecule has 1 amide bonds. The van der Waals surface area contributed by atoms with E-state index in [0.717, 1.165) is 32.1 Å². The summed E-state index contributed by atoms with van der Waals surface area (Å²) in [5, 5.41) is 2.93. The van der Waals surface area contributed by atoms with Crippen LogP contribution in [0.3, 0.4) is 0 Å². The minimum absolute atomic E-state index is 0.167. The molecule has 0 aliphatic heterocycles. The van der Waals surface area contributed by atoms with E-state index in [2.05, 4.69) is 11.9 Å². The van der Waals surface area contributed by atoms with Crippen molar-refractivity contribution in [2.24, 2.45) is 11.7 Å². The molecule has 1 rings (SSSR count). The van der Waals surface area contributed by atoms with Gasteiger partial charge in [-0.2, -0.15) is 0 Å². The van der Waals surface area contributed by atoms with Gasteiger partial charge in [-0.3, -0.25) is 4.79 Å². The largest absolute Gasteiger partial charge is 0.502 e. The van der Waals surface area contributed by atoms with E-state index in [1.54, 1.807) is 0 Å². The number of rotatable bonds is 6. The van der Waals surface area contributed by atoms with Crippen LogP contribution in [-0.2, 0) is 9.53 Å². The molecule has 0 heterocycles. The quantitative estimate of drug-likeness (QED) is 0.528. The molecule has 0 spiro atoms. The molecule has 1 aliphatic rings. The summed E-state index contributed by atoms with van der Waals surface area (Å²) >= 11 is 0. The number of nitrogens with two attached hydrogens (primary N) is 1. The Hall–Kier alpha value is -1.03.